The Bertz CT molecular complexity index is 2040. The van der Waals surface area contributed by atoms with Crippen molar-refractivity contribution in [3.05, 3.63) is 58.7 Å². The fraction of sp³-hybridized carbons (Fsp3) is 0.412. The summed E-state index contributed by atoms with van der Waals surface area (Å²) in [5.74, 6) is 3.26. The number of fused-ring (bicyclic) bond motifs is 13. The highest BCUT2D eigenvalue weighted by Crippen LogP contribution is 2.58. The van der Waals surface area contributed by atoms with E-state index < -0.39 is 23.5 Å². The van der Waals surface area contributed by atoms with E-state index in [1.54, 1.807) is 0 Å². The van der Waals surface area contributed by atoms with Crippen LogP contribution in [0.3, 0.4) is 0 Å². The summed E-state index contributed by atoms with van der Waals surface area (Å²) < 4.78 is 16.3. The first kappa shape index (κ1) is 27.6. The van der Waals surface area contributed by atoms with Crippen LogP contribution < -0.4 is 0 Å². The molecule has 8 rings (SSSR count). The third-order valence-electron chi connectivity index (χ3n) is 9.84. The van der Waals surface area contributed by atoms with Crippen LogP contribution in [-0.2, 0) is 37.9 Å². The predicted molar refractivity (Wildman–Crippen MR) is 174 cm³/mol. The second-order valence-corrected chi connectivity index (χ2v) is 14.6. The molecule has 2 aliphatic heterocycles. The Labute approximate surface area is 257 Å². The van der Waals surface area contributed by atoms with Crippen LogP contribution >= 0.6 is 23.5 Å². The smallest absolute Gasteiger partial charge is 0.343 e. The zero-order valence-corrected chi connectivity index (χ0v) is 26.4. The van der Waals surface area contributed by atoms with Crippen LogP contribution in [0.1, 0.15) is 66.9 Å². The molecule has 1 fully saturated rings. The van der Waals surface area contributed by atoms with E-state index in [1.807, 2.05) is 35.0 Å². The van der Waals surface area contributed by atoms with E-state index in [2.05, 4.69) is 54.8 Å². The highest BCUT2D eigenvalue weighted by Gasteiger charge is 2.65. The third-order valence-corrected chi connectivity index (χ3v) is 11.7. The van der Waals surface area contributed by atoms with Gasteiger partial charge in [0.05, 0.1) is 29.2 Å². The number of hydrogen-bond donors (Lipinski definition) is 1. The van der Waals surface area contributed by atoms with Crippen LogP contribution in [0, 0.1) is 0 Å². The number of ether oxygens (including phenoxy) is 2. The molecule has 2 aromatic heterocycles. The van der Waals surface area contributed by atoms with Crippen molar-refractivity contribution >= 4 is 78.9 Å². The molecule has 222 valence electrons. The lowest BCUT2D eigenvalue weighted by Gasteiger charge is -2.37. The van der Waals surface area contributed by atoms with Gasteiger partial charge in [0, 0.05) is 51.5 Å². The van der Waals surface area contributed by atoms with Crippen LogP contribution in [0.15, 0.2) is 36.4 Å². The fourth-order valence-corrected chi connectivity index (χ4v) is 9.18. The summed E-state index contributed by atoms with van der Waals surface area (Å²) in [6.45, 7) is 6.12. The van der Waals surface area contributed by atoms with E-state index >= 15 is 0 Å². The highest BCUT2D eigenvalue weighted by molar-refractivity contribution is 7.98. The normalized spacial score (nSPS) is 24.2. The number of hydrogen-bond acceptors (Lipinski definition) is 7. The van der Waals surface area contributed by atoms with Crippen molar-refractivity contribution in [1.82, 2.24) is 9.13 Å². The number of esters is 1. The SMILES string of the molecule is CCSCc1ccc2c(c1)c1c3c(c4c5cc(CSCC)ccc5n5c4c1n2[C@H]1C[C@](O)(C(=O)OC)[C@]5(C)O1)CCC3=O. The minimum absolute atomic E-state index is 0.0271. The highest BCUT2D eigenvalue weighted by atomic mass is 32.2. The molecule has 43 heavy (non-hydrogen) atoms. The Balaban J connectivity index is 1.60. The number of carbonyl (C=O) groups excluding carboxylic acids is 2. The molecule has 1 N–H and O–H groups in total. The zero-order chi connectivity index (χ0) is 29.8. The molecule has 2 bridgehead atoms. The topological polar surface area (TPSA) is 82.7 Å². The first-order valence-corrected chi connectivity index (χ1v) is 17.3. The standard InChI is InChI=1S/C34H34N2O5S2/c1-5-42-16-18-7-10-23-21(13-18)29-28-20(9-12-25(28)37)27-22-14-19(17-43-6-2)8-11-24(22)36-31(27)30(29)35(23)26-15-34(39,32(38)40-4)33(36,3)41-26/h7-8,10-11,13-14,26,39H,5-6,9,12,15-17H2,1-4H3/t26-,33+,34+/m1/s1. The molecular weight excluding hydrogens is 581 g/mol. The maximum Gasteiger partial charge on any atom is 0.343 e. The number of thioether (sulfide) groups is 2. The van der Waals surface area contributed by atoms with Gasteiger partial charge in [-0.05, 0) is 65.8 Å². The molecule has 0 saturated carbocycles. The molecule has 3 aromatic carbocycles. The van der Waals surface area contributed by atoms with E-state index in [1.165, 1.54) is 18.2 Å². The Hall–Kier alpha value is -2.98. The summed E-state index contributed by atoms with van der Waals surface area (Å²) >= 11 is 3.73. The summed E-state index contributed by atoms with van der Waals surface area (Å²) in [5.41, 5.74) is 4.58. The molecule has 7 nitrogen and oxygen atoms in total. The molecule has 1 saturated heterocycles. The lowest BCUT2D eigenvalue weighted by Crippen LogP contribution is -2.56. The molecule has 3 atom stereocenters. The van der Waals surface area contributed by atoms with E-state index in [9.17, 15) is 14.7 Å². The van der Waals surface area contributed by atoms with Crippen molar-refractivity contribution in [2.75, 3.05) is 18.6 Å². The van der Waals surface area contributed by atoms with Gasteiger partial charge in [-0.2, -0.15) is 23.5 Å². The minimum Gasteiger partial charge on any atom is -0.467 e. The number of carbonyl (C=O) groups is 2. The predicted octanol–water partition coefficient (Wildman–Crippen LogP) is 7.05. The van der Waals surface area contributed by atoms with E-state index in [4.69, 9.17) is 9.47 Å². The van der Waals surface area contributed by atoms with Gasteiger partial charge in [-0.3, -0.25) is 4.79 Å². The van der Waals surface area contributed by atoms with Gasteiger partial charge in [-0.25, -0.2) is 4.79 Å². The van der Waals surface area contributed by atoms with Crippen molar-refractivity contribution in [2.24, 2.45) is 0 Å². The fourth-order valence-electron chi connectivity index (χ4n) is 7.94. The van der Waals surface area contributed by atoms with Gasteiger partial charge in [0.2, 0.25) is 5.60 Å². The van der Waals surface area contributed by atoms with Gasteiger partial charge in [-0.1, -0.05) is 26.0 Å². The summed E-state index contributed by atoms with van der Waals surface area (Å²) in [6, 6.07) is 12.9. The van der Waals surface area contributed by atoms with Crippen molar-refractivity contribution in [2.45, 2.75) is 69.1 Å². The lowest BCUT2D eigenvalue weighted by molar-refractivity contribution is -0.202. The number of ketones is 1. The van der Waals surface area contributed by atoms with E-state index in [0.29, 0.717) is 12.8 Å². The maximum absolute atomic E-state index is 13.8. The van der Waals surface area contributed by atoms with Crippen LogP contribution in [-0.4, -0.2) is 50.2 Å². The lowest BCUT2D eigenvalue weighted by atomic mass is 9.88. The van der Waals surface area contributed by atoms with Gasteiger partial charge in [0.25, 0.3) is 0 Å². The van der Waals surface area contributed by atoms with Crippen molar-refractivity contribution in [3.8, 4) is 0 Å². The zero-order valence-electron chi connectivity index (χ0n) is 24.8. The molecule has 3 aliphatic rings. The second-order valence-electron chi connectivity index (χ2n) is 12.0. The molecule has 9 heteroatoms. The summed E-state index contributed by atoms with van der Waals surface area (Å²) in [5, 5.41) is 16.3. The number of benzene rings is 3. The largest absolute Gasteiger partial charge is 0.467 e. The Morgan fingerprint density at radius 1 is 1.00 bits per heavy atom. The van der Waals surface area contributed by atoms with Crippen molar-refractivity contribution < 1.29 is 24.2 Å². The van der Waals surface area contributed by atoms with Crippen LogP contribution in [0.5, 0.6) is 0 Å². The molecule has 0 amide bonds. The first-order chi connectivity index (χ1) is 20.8. The van der Waals surface area contributed by atoms with E-state index in [0.717, 1.165) is 77.8 Å². The number of Topliss-reactive ketones (excluding diaryl/α,β-unsaturated/α-hetero) is 1. The Morgan fingerprint density at radius 2 is 1.65 bits per heavy atom. The van der Waals surface area contributed by atoms with E-state index in [-0.39, 0.29) is 12.2 Å². The van der Waals surface area contributed by atoms with Gasteiger partial charge >= 0.3 is 5.97 Å². The number of aryl methyl sites for hydroxylation is 1. The average Bonchev–Trinajstić information content (AvgIpc) is 3.70. The average molecular weight is 615 g/mol. The molecular formula is C34H34N2O5S2. The Morgan fingerprint density at radius 3 is 2.30 bits per heavy atom. The molecule has 0 spiro atoms. The summed E-state index contributed by atoms with van der Waals surface area (Å²) in [7, 11) is 1.31. The quantitative estimate of drug-likeness (QED) is 0.197. The molecule has 5 aromatic rings. The number of nitrogens with zero attached hydrogens (tertiary/aromatic N) is 2. The molecule has 0 radical (unpaired) electrons. The minimum atomic E-state index is -1.94. The molecule has 0 unspecified atom stereocenters. The maximum atomic E-state index is 13.8. The van der Waals surface area contributed by atoms with Crippen molar-refractivity contribution in [3.63, 3.8) is 0 Å². The van der Waals surface area contributed by atoms with Crippen LogP contribution in [0.4, 0.5) is 0 Å². The number of aromatic nitrogens is 2. The summed E-state index contributed by atoms with van der Waals surface area (Å²) in [4.78, 5) is 27.2. The van der Waals surface area contributed by atoms with Gasteiger partial charge in [0.15, 0.2) is 11.5 Å². The van der Waals surface area contributed by atoms with Gasteiger partial charge in [-0.15, -0.1) is 0 Å². The number of rotatable bonds is 7. The van der Waals surface area contributed by atoms with Gasteiger partial charge < -0.3 is 23.7 Å². The van der Waals surface area contributed by atoms with Crippen molar-refractivity contribution in [1.29, 1.82) is 0 Å². The number of methoxy groups -OCH3 is 1. The third kappa shape index (κ3) is 3.42. The molecule has 1 aliphatic carbocycles. The Kier molecular flexibility index (Phi) is 6.09. The number of aliphatic hydroxyl groups is 1. The van der Waals surface area contributed by atoms with Crippen LogP contribution in [0.2, 0.25) is 0 Å². The van der Waals surface area contributed by atoms with Crippen LogP contribution in [0.25, 0.3) is 43.6 Å². The summed E-state index contributed by atoms with van der Waals surface area (Å²) in [6.07, 6.45) is 0.522. The molecule has 4 heterocycles. The first-order valence-electron chi connectivity index (χ1n) is 15.0. The second kappa shape index (κ2) is 9.51. The van der Waals surface area contributed by atoms with Gasteiger partial charge in [0.1, 0.15) is 6.23 Å². The monoisotopic (exact) mass is 614 g/mol.